The minimum Gasteiger partial charge on any atom is -0.488 e. The standard InChI is InChI=1S/C15H13Br3O/c1-10-6-13(17)7-12(8-16)15(10)19-9-11-4-2-3-5-14(11)18/h2-7H,8-9H2,1H3. The Kier molecular flexibility index (Phi) is 5.48. The van der Waals surface area contributed by atoms with Gasteiger partial charge in [-0.05, 0) is 30.7 Å². The van der Waals surface area contributed by atoms with Crippen LogP contribution >= 0.6 is 47.8 Å². The summed E-state index contributed by atoms with van der Waals surface area (Å²) in [5.74, 6) is 0.954. The highest BCUT2D eigenvalue weighted by molar-refractivity contribution is 9.10. The first-order valence-corrected chi connectivity index (χ1v) is 8.53. The molecule has 0 amide bonds. The molecule has 0 saturated heterocycles. The summed E-state index contributed by atoms with van der Waals surface area (Å²) in [6.07, 6.45) is 0. The van der Waals surface area contributed by atoms with Gasteiger partial charge < -0.3 is 4.74 Å². The smallest absolute Gasteiger partial charge is 0.126 e. The minimum atomic E-state index is 0.559. The second-order valence-corrected chi connectivity index (χ2v) is 6.56. The summed E-state index contributed by atoms with van der Waals surface area (Å²) in [5.41, 5.74) is 3.43. The molecule has 2 rings (SSSR count). The Morgan fingerprint density at radius 1 is 1.05 bits per heavy atom. The fourth-order valence-electron chi connectivity index (χ4n) is 1.87. The van der Waals surface area contributed by atoms with Crippen molar-refractivity contribution in [2.24, 2.45) is 0 Å². The van der Waals surface area contributed by atoms with Gasteiger partial charge >= 0.3 is 0 Å². The summed E-state index contributed by atoms with van der Waals surface area (Å²) < 4.78 is 8.15. The van der Waals surface area contributed by atoms with Crippen molar-refractivity contribution in [1.29, 1.82) is 0 Å². The van der Waals surface area contributed by atoms with E-state index in [0.717, 1.165) is 36.7 Å². The lowest BCUT2D eigenvalue weighted by atomic mass is 10.1. The number of hydrogen-bond donors (Lipinski definition) is 0. The first-order chi connectivity index (χ1) is 9.11. The number of halogens is 3. The lowest BCUT2D eigenvalue weighted by Gasteiger charge is -2.14. The molecule has 19 heavy (non-hydrogen) atoms. The quantitative estimate of drug-likeness (QED) is 0.522. The van der Waals surface area contributed by atoms with Gasteiger partial charge in [-0.25, -0.2) is 0 Å². The summed E-state index contributed by atoms with van der Waals surface area (Å²) in [7, 11) is 0. The van der Waals surface area contributed by atoms with Crippen LogP contribution in [0, 0.1) is 6.92 Å². The van der Waals surface area contributed by atoms with Gasteiger partial charge in [0.2, 0.25) is 0 Å². The molecule has 100 valence electrons. The average Bonchev–Trinajstić information content (AvgIpc) is 2.38. The maximum absolute atomic E-state index is 6.00. The number of hydrogen-bond acceptors (Lipinski definition) is 1. The van der Waals surface area contributed by atoms with Crippen LogP contribution in [0.2, 0.25) is 0 Å². The summed E-state index contributed by atoms with van der Waals surface area (Å²) in [6, 6.07) is 12.3. The Morgan fingerprint density at radius 2 is 1.79 bits per heavy atom. The van der Waals surface area contributed by atoms with Crippen LogP contribution in [0.25, 0.3) is 0 Å². The van der Waals surface area contributed by atoms with Crippen LogP contribution in [0.4, 0.5) is 0 Å². The van der Waals surface area contributed by atoms with Crippen LogP contribution in [0.15, 0.2) is 45.3 Å². The van der Waals surface area contributed by atoms with Gasteiger partial charge in [0.15, 0.2) is 0 Å². The molecule has 0 aromatic heterocycles. The van der Waals surface area contributed by atoms with Crippen molar-refractivity contribution in [2.75, 3.05) is 0 Å². The van der Waals surface area contributed by atoms with Crippen molar-refractivity contribution in [3.8, 4) is 5.75 Å². The van der Waals surface area contributed by atoms with E-state index in [4.69, 9.17) is 4.74 Å². The molecule has 0 saturated carbocycles. The molecular formula is C15H13Br3O. The van der Waals surface area contributed by atoms with Gasteiger partial charge in [-0.1, -0.05) is 66.0 Å². The van der Waals surface area contributed by atoms with Gasteiger partial charge in [0.05, 0.1) is 0 Å². The first kappa shape index (κ1) is 15.1. The fourth-order valence-corrected chi connectivity index (χ4v) is 3.31. The van der Waals surface area contributed by atoms with Crippen molar-refractivity contribution in [3.05, 3.63) is 62.0 Å². The monoisotopic (exact) mass is 446 g/mol. The van der Waals surface area contributed by atoms with E-state index < -0.39 is 0 Å². The highest BCUT2D eigenvalue weighted by Gasteiger charge is 2.09. The summed E-state index contributed by atoms with van der Waals surface area (Å²) in [5, 5.41) is 0.776. The van der Waals surface area contributed by atoms with Crippen LogP contribution in [-0.2, 0) is 11.9 Å². The molecule has 0 spiro atoms. The van der Waals surface area contributed by atoms with Gasteiger partial charge in [-0.2, -0.15) is 0 Å². The van der Waals surface area contributed by atoms with Crippen LogP contribution in [-0.4, -0.2) is 0 Å². The van der Waals surface area contributed by atoms with E-state index in [0.29, 0.717) is 6.61 Å². The number of rotatable bonds is 4. The molecule has 0 fully saturated rings. The molecule has 0 aliphatic carbocycles. The van der Waals surface area contributed by atoms with E-state index >= 15 is 0 Å². The molecule has 0 bridgehead atoms. The summed E-state index contributed by atoms with van der Waals surface area (Å²) in [6.45, 7) is 2.62. The van der Waals surface area contributed by atoms with E-state index in [1.807, 2.05) is 18.2 Å². The maximum atomic E-state index is 6.00. The van der Waals surface area contributed by atoms with Gasteiger partial charge in [0, 0.05) is 25.4 Å². The lowest BCUT2D eigenvalue weighted by molar-refractivity contribution is 0.301. The van der Waals surface area contributed by atoms with Crippen molar-refractivity contribution in [1.82, 2.24) is 0 Å². The Labute approximate surface area is 138 Å². The van der Waals surface area contributed by atoms with Crippen molar-refractivity contribution < 1.29 is 4.74 Å². The molecular weight excluding hydrogens is 436 g/mol. The maximum Gasteiger partial charge on any atom is 0.126 e. The molecule has 1 nitrogen and oxygen atoms in total. The average molecular weight is 449 g/mol. The van der Waals surface area contributed by atoms with Crippen LogP contribution in [0.1, 0.15) is 16.7 Å². The number of alkyl halides is 1. The van der Waals surface area contributed by atoms with E-state index in [1.54, 1.807) is 0 Å². The van der Waals surface area contributed by atoms with Gasteiger partial charge in [-0.15, -0.1) is 0 Å². The van der Waals surface area contributed by atoms with Crippen LogP contribution < -0.4 is 4.74 Å². The highest BCUT2D eigenvalue weighted by Crippen LogP contribution is 2.31. The van der Waals surface area contributed by atoms with E-state index in [-0.39, 0.29) is 0 Å². The highest BCUT2D eigenvalue weighted by atomic mass is 79.9. The molecule has 2 aromatic carbocycles. The molecule has 0 aliphatic heterocycles. The molecule has 2 aromatic rings. The predicted octanol–water partition coefficient (Wildman–Crippen LogP) is 5.99. The molecule has 0 atom stereocenters. The summed E-state index contributed by atoms with van der Waals surface area (Å²) in [4.78, 5) is 0. The third-order valence-electron chi connectivity index (χ3n) is 2.79. The van der Waals surface area contributed by atoms with Crippen LogP contribution in [0.3, 0.4) is 0 Å². The third kappa shape index (κ3) is 3.83. The molecule has 0 aliphatic rings. The zero-order valence-electron chi connectivity index (χ0n) is 10.4. The zero-order valence-corrected chi connectivity index (χ0v) is 15.2. The number of benzene rings is 2. The first-order valence-electron chi connectivity index (χ1n) is 5.83. The lowest BCUT2D eigenvalue weighted by Crippen LogP contribution is -2.00. The third-order valence-corrected chi connectivity index (χ3v) is 4.63. The van der Waals surface area contributed by atoms with Gasteiger partial charge in [0.25, 0.3) is 0 Å². The minimum absolute atomic E-state index is 0.559. The van der Waals surface area contributed by atoms with Crippen LogP contribution in [0.5, 0.6) is 5.75 Å². The Hall–Kier alpha value is -0.320. The van der Waals surface area contributed by atoms with E-state index in [9.17, 15) is 0 Å². The molecule has 4 heteroatoms. The second kappa shape index (κ2) is 6.91. The fraction of sp³-hybridized carbons (Fsp3) is 0.200. The number of ether oxygens (including phenoxy) is 1. The normalized spacial score (nSPS) is 10.5. The van der Waals surface area contributed by atoms with E-state index in [2.05, 4.69) is 72.9 Å². The molecule has 0 N–H and O–H groups in total. The van der Waals surface area contributed by atoms with Crippen molar-refractivity contribution >= 4 is 47.8 Å². The topological polar surface area (TPSA) is 9.23 Å². The Bertz CT molecular complexity index is 582. The van der Waals surface area contributed by atoms with Crippen molar-refractivity contribution in [3.63, 3.8) is 0 Å². The van der Waals surface area contributed by atoms with Crippen molar-refractivity contribution in [2.45, 2.75) is 18.9 Å². The molecule has 0 radical (unpaired) electrons. The molecule has 0 heterocycles. The van der Waals surface area contributed by atoms with E-state index in [1.165, 1.54) is 0 Å². The second-order valence-electron chi connectivity index (χ2n) is 4.22. The number of aryl methyl sites for hydroxylation is 1. The molecule has 0 unspecified atom stereocenters. The Morgan fingerprint density at radius 3 is 2.47 bits per heavy atom. The SMILES string of the molecule is Cc1cc(Br)cc(CBr)c1OCc1ccccc1Br. The summed E-state index contributed by atoms with van der Waals surface area (Å²) >= 11 is 10.6. The van der Waals surface area contributed by atoms with Gasteiger partial charge in [-0.3, -0.25) is 0 Å². The van der Waals surface area contributed by atoms with Gasteiger partial charge in [0.1, 0.15) is 12.4 Å². The zero-order chi connectivity index (χ0) is 13.8. The Balaban J connectivity index is 2.22. The predicted molar refractivity (Wildman–Crippen MR) is 90.0 cm³/mol. The largest absolute Gasteiger partial charge is 0.488 e.